The Morgan fingerprint density at radius 2 is 2.50 bits per heavy atom. The molecule has 0 aliphatic carbocycles. The predicted octanol–water partition coefficient (Wildman–Crippen LogP) is 0.0940. The van der Waals surface area contributed by atoms with E-state index in [0.717, 1.165) is 11.9 Å². The fourth-order valence-electron chi connectivity index (χ4n) is 0.192. The molecule has 8 heavy (non-hydrogen) atoms. The van der Waals surface area contributed by atoms with E-state index in [1.807, 2.05) is 0 Å². The summed E-state index contributed by atoms with van der Waals surface area (Å²) >= 11 is 0.945. The molecule has 0 saturated heterocycles. The lowest BCUT2D eigenvalue weighted by Crippen LogP contribution is -2.09. The summed E-state index contributed by atoms with van der Waals surface area (Å²) in [5.41, 5.74) is 5.20. The van der Waals surface area contributed by atoms with Gasteiger partial charge in [0, 0.05) is 0 Å². The Hall–Kier alpha value is -0.480. The van der Waals surface area contributed by atoms with E-state index in [1.165, 1.54) is 0 Å². The van der Waals surface area contributed by atoms with Gasteiger partial charge in [0.25, 0.3) is 0 Å². The van der Waals surface area contributed by atoms with Crippen molar-refractivity contribution in [3.8, 4) is 0 Å². The fourth-order valence-corrected chi connectivity index (χ4v) is 0.341. The largest absolute Gasteiger partial charge is 0.377 e. The summed E-state index contributed by atoms with van der Waals surface area (Å²) in [5, 5.41) is 5.43. The van der Waals surface area contributed by atoms with Crippen molar-refractivity contribution in [1.82, 2.24) is 0 Å². The maximum Gasteiger partial charge on any atom is 0.169 e. The molecule has 0 aromatic rings. The van der Waals surface area contributed by atoms with E-state index < -0.39 is 0 Å². The van der Waals surface area contributed by atoms with Gasteiger partial charge in [0.05, 0.1) is 6.54 Å². The summed E-state index contributed by atoms with van der Waals surface area (Å²) in [4.78, 5) is 3.78. The second-order valence-corrected chi connectivity index (χ2v) is 1.74. The van der Waals surface area contributed by atoms with Gasteiger partial charge in [-0.3, -0.25) is 10.1 Å². The maximum absolute atomic E-state index is 5.20. The van der Waals surface area contributed by atoms with Crippen LogP contribution >= 0.6 is 11.9 Å². The highest BCUT2D eigenvalue weighted by Crippen LogP contribution is 1.84. The first-order valence-corrected chi connectivity index (χ1v) is 2.96. The van der Waals surface area contributed by atoms with Crippen LogP contribution in [0.2, 0.25) is 0 Å². The van der Waals surface area contributed by atoms with Gasteiger partial charge in [0.1, 0.15) is 0 Å². The molecule has 0 aromatic heterocycles. The molecule has 0 rings (SSSR count). The molecule has 46 valence electrons. The average Bonchev–Trinajstić information content (AvgIpc) is 1.83. The summed E-state index contributed by atoms with van der Waals surface area (Å²) < 4.78 is 0. The topological polar surface area (TPSA) is 64.4 Å². The first kappa shape index (κ1) is 7.52. The van der Waals surface area contributed by atoms with Crippen LogP contribution in [-0.4, -0.2) is 11.7 Å². The Bertz CT molecular complexity index is 99.5. The zero-order valence-corrected chi connectivity index (χ0v) is 5.32. The van der Waals surface area contributed by atoms with Crippen molar-refractivity contribution in [3.05, 3.63) is 12.7 Å². The van der Waals surface area contributed by atoms with Gasteiger partial charge in [-0.05, 0) is 11.9 Å². The number of hydrogen-bond donors (Lipinski definition) is 2. The van der Waals surface area contributed by atoms with Crippen molar-refractivity contribution in [1.29, 1.82) is 0 Å². The Morgan fingerprint density at radius 1 is 1.88 bits per heavy atom. The second kappa shape index (κ2) is 4.67. The van der Waals surface area contributed by atoms with Crippen molar-refractivity contribution < 1.29 is 0 Å². The molecule has 0 aliphatic heterocycles. The molecular weight excluding hydrogens is 122 g/mol. The molecule has 0 unspecified atom stereocenters. The number of rotatable bonds is 2. The van der Waals surface area contributed by atoms with E-state index in [9.17, 15) is 0 Å². The van der Waals surface area contributed by atoms with E-state index >= 15 is 0 Å². The highest BCUT2D eigenvalue weighted by Gasteiger charge is 1.81. The van der Waals surface area contributed by atoms with Crippen molar-refractivity contribution in [3.63, 3.8) is 0 Å². The van der Waals surface area contributed by atoms with E-state index in [0.29, 0.717) is 11.7 Å². The Balaban J connectivity index is 3.40. The number of hydrogen-bond acceptors (Lipinski definition) is 3. The van der Waals surface area contributed by atoms with Crippen LogP contribution in [0.5, 0.6) is 0 Å². The summed E-state index contributed by atoms with van der Waals surface area (Å²) in [5.74, 6) is 0. The average molecular weight is 131 g/mol. The predicted molar refractivity (Wildman–Crippen MR) is 38.5 cm³/mol. The van der Waals surface area contributed by atoms with Crippen LogP contribution in [0.4, 0.5) is 0 Å². The maximum atomic E-state index is 5.20. The molecule has 0 radical (unpaired) electrons. The Kier molecular flexibility index (Phi) is 4.39. The quantitative estimate of drug-likeness (QED) is 0.242. The van der Waals surface area contributed by atoms with E-state index in [2.05, 4.69) is 11.6 Å². The molecule has 0 spiro atoms. The van der Waals surface area contributed by atoms with Crippen LogP contribution in [0.1, 0.15) is 0 Å². The van der Waals surface area contributed by atoms with E-state index in [4.69, 9.17) is 10.9 Å². The van der Waals surface area contributed by atoms with Crippen molar-refractivity contribution in [2.45, 2.75) is 0 Å². The molecule has 4 N–H and O–H groups in total. The Morgan fingerprint density at radius 3 is 2.88 bits per heavy atom. The summed E-state index contributed by atoms with van der Waals surface area (Å²) in [6.07, 6.45) is 1.66. The first-order valence-electron chi connectivity index (χ1n) is 2.08. The van der Waals surface area contributed by atoms with Crippen molar-refractivity contribution in [2.24, 2.45) is 15.9 Å². The molecule has 0 fully saturated rings. The summed E-state index contributed by atoms with van der Waals surface area (Å²) in [7, 11) is 0. The number of aliphatic imine (C=N–C) groups is 1. The van der Waals surface area contributed by atoms with Gasteiger partial charge in [-0.2, -0.15) is 0 Å². The molecule has 0 atom stereocenters. The van der Waals surface area contributed by atoms with E-state index in [1.54, 1.807) is 6.08 Å². The lowest BCUT2D eigenvalue weighted by atomic mass is 10.7. The van der Waals surface area contributed by atoms with Crippen LogP contribution in [0.3, 0.4) is 0 Å². The second-order valence-electron chi connectivity index (χ2n) is 1.09. The minimum absolute atomic E-state index is 0.393. The Labute approximate surface area is 53.0 Å². The molecule has 0 heterocycles. The van der Waals surface area contributed by atoms with Gasteiger partial charge in [-0.1, -0.05) is 6.08 Å². The zero-order chi connectivity index (χ0) is 6.41. The lowest BCUT2D eigenvalue weighted by Gasteiger charge is -1.88. The normalized spacial score (nSPS) is 11.4. The van der Waals surface area contributed by atoms with Crippen LogP contribution < -0.4 is 10.9 Å². The van der Waals surface area contributed by atoms with Crippen LogP contribution in [0.15, 0.2) is 17.6 Å². The molecular formula is C4H9N3S. The molecule has 0 bridgehead atoms. The minimum atomic E-state index is 0.393. The third-order valence-corrected chi connectivity index (χ3v) is 0.868. The third-order valence-electron chi connectivity index (χ3n) is 0.497. The fraction of sp³-hybridized carbons (Fsp3) is 0.250. The van der Waals surface area contributed by atoms with Gasteiger partial charge >= 0.3 is 0 Å². The standard InChI is InChI=1S/C4H9N3S/c1-2-3-7-4(5)8-6/h2H,1,3,6H2,(H2,5,7). The molecule has 0 amide bonds. The smallest absolute Gasteiger partial charge is 0.169 e. The van der Waals surface area contributed by atoms with Crippen molar-refractivity contribution >= 4 is 17.1 Å². The number of nitrogens with two attached hydrogens (primary N) is 2. The number of amidine groups is 1. The monoisotopic (exact) mass is 131 g/mol. The molecule has 0 aromatic carbocycles. The highest BCUT2D eigenvalue weighted by atomic mass is 32.2. The molecule has 0 saturated carbocycles. The van der Waals surface area contributed by atoms with Crippen LogP contribution in [-0.2, 0) is 0 Å². The third kappa shape index (κ3) is 3.70. The first-order chi connectivity index (χ1) is 3.81. The zero-order valence-electron chi connectivity index (χ0n) is 4.50. The number of nitrogens with zero attached hydrogens (tertiary/aromatic N) is 1. The summed E-state index contributed by atoms with van der Waals surface area (Å²) in [6.45, 7) is 3.99. The van der Waals surface area contributed by atoms with Gasteiger partial charge in [0.2, 0.25) is 0 Å². The molecule has 0 aliphatic rings. The van der Waals surface area contributed by atoms with Gasteiger partial charge in [-0.25, -0.2) is 0 Å². The van der Waals surface area contributed by atoms with E-state index in [-0.39, 0.29) is 0 Å². The summed E-state index contributed by atoms with van der Waals surface area (Å²) in [6, 6.07) is 0. The van der Waals surface area contributed by atoms with Crippen LogP contribution in [0, 0.1) is 0 Å². The minimum Gasteiger partial charge on any atom is -0.377 e. The van der Waals surface area contributed by atoms with Gasteiger partial charge in [-0.15, -0.1) is 6.58 Å². The molecule has 4 heteroatoms. The molecule has 3 nitrogen and oxygen atoms in total. The van der Waals surface area contributed by atoms with Gasteiger partial charge < -0.3 is 5.73 Å². The highest BCUT2D eigenvalue weighted by molar-refractivity contribution is 8.11. The lowest BCUT2D eigenvalue weighted by molar-refractivity contribution is 1.25. The van der Waals surface area contributed by atoms with Gasteiger partial charge in [0.15, 0.2) is 5.17 Å². The van der Waals surface area contributed by atoms with Crippen LogP contribution in [0.25, 0.3) is 0 Å². The van der Waals surface area contributed by atoms with Crippen molar-refractivity contribution in [2.75, 3.05) is 6.54 Å². The SMILES string of the molecule is C=CCN=C(N)SN.